The summed E-state index contributed by atoms with van der Waals surface area (Å²) < 4.78 is 10.6. The van der Waals surface area contributed by atoms with E-state index in [0.29, 0.717) is 0 Å². The maximum absolute atomic E-state index is 11.0. The van der Waals surface area contributed by atoms with Gasteiger partial charge in [-0.3, -0.25) is 4.79 Å². The molecule has 0 fully saturated rings. The molecule has 2 N–H and O–H groups in total. The van der Waals surface area contributed by atoms with Gasteiger partial charge in [0.15, 0.2) is 0 Å². The molecule has 5 nitrogen and oxygen atoms in total. The predicted molar refractivity (Wildman–Crippen MR) is 49.4 cm³/mol. The maximum atomic E-state index is 11.0. The molecule has 0 bridgehead atoms. The summed E-state index contributed by atoms with van der Waals surface area (Å²) >= 11 is 0. The molecule has 0 rings (SSSR count). The number of carbonyl (C=O) groups is 1. The van der Waals surface area contributed by atoms with Crippen LogP contribution in [0.25, 0.3) is 0 Å². The minimum absolute atomic E-state index is 0.0932. The lowest BCUT2D eigenvalue weighted by molar-refractivity contribution is 0.220. The summed E-state index contributed by atoms with van der Waals surface area (Å²) in [5.74, 6) is 0. The van der Waals surface area contributed by atoms with Crippen molar-refractivity contribution in [3.63, 3.8) is 0 Å². The normalized spacial score (nSPS) is 10.6. The van der Waals surface area contributed by atoms with Crippen LogP contribution in [0.5, 0.6) is 0 Å². The Morgan fingerprint density at radius 3 is 1.92 bits per heavy atom. The summed E-state index contributed by atoms with van der Waals surface area (Å²) in [6.07, 6.45) is 2.77. The summed E-state index contributed by atoms with van der Waals surface area (Å²) in [6, 6.07) is 0. The third-order valence-electron chi connectivity index (χ3n) is 1.22. The molecular weight excluding hydrogens is 193 g/mol. The third-order valence-corrected chi connectivity index (χ3v) is 2.00. The van der Waals surface area contributed by atoms with Crippen LogP contribution in [0.1, 0.15) is 0 Å². The predicted octanol–water partition coefficient (Wildman–Crippen LogP) is 0.958. The van der Waals surface area contributed by atoms with Crippen molar-refractivity contribution < 1.29 is 19.1 Å². The Labute approximate surface area is 76.5 Å². The molecule has 0 radical (unpaired) electrons. The molecule has 74 valence electrons. The topological polar surface area (TPSA) is 77.8 Å². The molecule has 0 aliphatic carbocycles. The van der Waals surface area contributed by atoms with Crippen LogP contribution in [0.4, 0.5) is 4.79 Å². The van der Waals surface area contributed by atoms with E-state index < -0.39 is 13.2 Å². The first kappa shape index (κ1) is 12.1. The summed E-state index contributed by atoms with van der Waals surface area (Å²) in [7, 11) is -4.68. The number of rotatable bonds is 5. The van der Waals surface area contributed by atoms with Crippen LogP contribution >= 0.6 is 7.60 Å². The van der Waals surface area contributed by atoms with Crippen molar-refractivity contribution in [2.24, 2.45) is 0 Å². The van der Waals surface area contributed by atoms with E-state index in [1.807, 2.05) is 0 Å². The van der Waals surface area contributed by atoms with E-state index in [1.54, 1.807) is 0 Å². The van der Waals surface area contributed by atoms with Gasteiger partial charge in [0.25, 0.3) is 0 Å². The number of amides is 1. The van der Waals surface area contributed by atoms with E-state index >= 15 is 0 Å². The van der Waals surface area contributed by atoms with Crippen molar-refractivity contribution in [3.05, 3.63) is 25.3 Å². The van der Waals surface area contributed by atoms with Crippen LogP contribution in [0.15, 0.2) is 25.3 Å². The monoisotopic (exact) mass is 205 g/mol. The van der Waals surface area contributed by atoms with Gasteiger partial charge in [-0.25, -0.2) is 4.57 Å². The molecule has 0 aliphatic rings. The Bertz CT molecular complexity index is 247. The zero-order chi connectivity index (χ0) is 10.5. The molecule has 0 aromatic carbocycles. The van der Waals surface area contributed by atoms with E-state index in [4.69, 9.17) is 9.79 Å². The molecule has 0 atom stereocenters. The SMILES string of the molecule is C=CCN(CC=C)C(=O)P(=O)(O)O. The van der Waals surface area contributed by atoms with Gasteiger partial charge in [-0.15, -0.1) is 13.2 Å². The van der Waals surface area contributed by atoms with Crippen LogP contribution in [-0.4, -0.2) is 33.4 Å². The van der Waals surface area contributed by atoms with E-state index in [-0.39, 0.29) is 13.1 Å². The lowest BCUT2D eigenvalue weighted by Gasteiger charge is -2.18. The Morgan fingerprint density at radius 2 is 1.69 bits per heavy atom. The molecular formula is C7H12NO4P. The van der Waals surface area contributed by atoms with Crippen LogP contribution < -0.4 is 0 Å². The van der Waals surface area contributed by atoms with E-state index in [0.717, 1.165) is 4.90 Å². The van der Waals surface area contributed by atoms with E-state index in [2.05, 4.69) is 13.2 Å². The Morgan fingerprint density at radius 1 is 1.31 bits per heavy atom. The average Bonchev–Trinajstić information content (AvgIpc) is 2.01. The molecule has 0 spiro atoms. The highest BCUT2D eigenvalue weighted by molar-refractivity contribution is 7.69. The minimum atomic E-state index is -4.68. The largest absolute Gasteiger partial charge is 0.413 e. The molecule has 0 unspecified atom stereocenters. The lowest BCUT2D eigenvalue weighted by atomic mass is 10.5. The van der Waals surface area contributed by atoms with Crippen LogP contribution in [0, 0.1) is 0 Å². The standard InChI is InChI=1S/C7H12NO4P/c1-3-5-8(6-4-2)7(9)13(10,11)12/h3-4H,1-2,5-6H2,(H2,10,11,12). The highest BCUT2D eigenvalue weighted by atomic mass is 31.2. The molecule has 13 heavy (non-hydrogen) atoms. The molecule has 0 saturated heterocycles. The van der Waals surface area contributed by atoms with Gasteiger partial charge < -0.3 is 14.7 Å². The molecule has 1 amide bonds. The molecule has 6 heteroatoms. The highest BCUT2D eigenvalue weighted by Gasteiger charge is 2.30. The van der Waals surface area contributed by atoms with Crippen LogP contribution in [0.3, 0.4) is 0 Å². The van der Waals surface area contributed by atoms with Gasteiger partial charge in [0.05, 0.1) is 0 Å². The summed E-state index contributed by atoms with van der Waals surface area (Å²) in [4.78, 5) is 29.1. The van der Waals surface area contributed by atoms with Gasteiger partial charge in [0, 0.05) is 13.1 Å². The molecule has 0 heterocycles. The van der Waals surface area contributed by atoms with Gasteiger partial charge in [-0.2, -0.15) is 0 Å². The maximum Gasteiger partial charge on any atom is 0.413 e. The third kappa shape index (κ3) is 4.03. The van der Waals surface area contributed by atoms with E-state index in [9.17, 15) is 9.36 Å². The molecule has 0 aromatic rings. The first-order chi connectivity index (χ1) is 5.93. The van der Waals surface area contributed by atoms with Gasteiger partial charge in [-0.05, 0) is 0 Å². The second kappa shape index (κ2) is 4.97. The lowest BCUT2D eigenvalue weighted by Crippen LogP contribution is -2.29. The minimum Gasteiger partial charge on any atom is -0.325 e. The number of nitrogens with zero attached hydrogens (tertiary/aromatic N) is 1. The number of hydrogen-bond donors (Lipinski definition) is 2. The summed E-state index contributed by atoms with van der Waals surface area (Å²) in [5, 5.41) is 0. The van der Waals surface area contributed by atoms with Gasteiger partial charge in [0.1, 0.15) is 0 Å². The van der Waals surface area contributed by atoms with Crippen molar-refractivity contribution in [2.75, 3.05) is 13.1 Å². The first-order valence-electron chi connectivity index (χ1n) is 3.50. The van der Waals surface area contributed by atoms with Crippen molar-refractivity contribution in [2.45, 2.75) is 0 Å². The fraction of sp³-hybridized carbons (Fsp3) is 0.286. The average molecular weight is 205 g/mol. The fourth-order valence-electron chi connectivity index (χ4n) is 0.727. The first-order valence-corrected chi connectivity index (χ1v) is 5.11. The van der Waals surface area contributed by atoms with Crippen LogP contribution in [0.2, 0.25) is 0 Å². The number of hydrogen-bond acceptors (Lipinski definition) is 2. The second-order valence-electron chi connectivity index (χ2n) is 2.31. The van der Waals surface area contributed by atoms with Crippen molar-refractivity contribution in [1.82, 2.24) is 4.90 Å². The summed E-state index contributed by atoms with van der Waals surface area (Å²) in [5.41, 5.74) is -1.20. The van der Waals surface area contributed by atoms with Crippen LogP contribution in [-0.2, 0) is 4.57 Å². The Hall–Kier alpha value is -0.900. The zero-order valence-corrected chi connectivity index (χ0v) is 7.98. The fourth-order valence-corrected chi connectivity index (χ4v) is 1.26. The smallest absolute Gasteiger partial charge is 0.325 e. The Kier molecular flexibility index (Phi) is 4.62. The molecule has 0 aliphatic heterocycles. The van der Waals surface area contributed by atoms with Crippen molar-refractivity contribution in [3.8, 4) is 0 Å². The van der Waals surface area contributed by atoms with Crippen molar-refractivity contribution in [1.29, 1.82) is 0 Å². The Balaban J connectivity index is 4.54. The highest BCUT2D eigenvalue weighted by Crippen LogP contribution is 2.37. The second-order valence-corrected chi connectivity index (χ2v) is 3.78. The summed E-state index contributed by atoms with van der Waals surface area (Å²) in [6.45, 7) is 6.92. The quantitative estimate of drug-likeness (QED) is 0.517. The zero-order valence-electron chi connectivity index (χ0n) is 7.09. The number of carbonyl (C=O) groups excluding carboxylic acids is 1. The van der Waals surface area contributed by atoms with Gasteiger partial charge >= 0.3 is 13.2 Å². The van der Waals surface area contributed by atoms with Gasteiger partial charge in [-0.1, -0.05) is 12.2 Å². The van der Waals surface area contributed by atoms with Crippen molar-refractivity contribution >= 4 is 13.2 Å². The van der Waals surface area contributed by atoms with Gasteiger partial charge in [0.2, 0.25) is 0 Å². The van der Waals surface area contributed by atoms with E-state index in [1.165, 1.54) is 12.2 Å². The molecule has 0 aromatic heterocycles. The molecule has 0 saturated carbocycles.